The molecule has 0 saturated carbocycles. The molecule has 0 bridgehead atoms. The predicted octanol–water partition coefficient (Wildman–Crippen LogP) is 2.27. The van der Waals surface area contributed by atoms with Crippen LogP contribution in [0, 0.1) is 5.92 Å². The number of rotatable bonds is 3. The normalized spacial score (nSPS) is 38.3. The Morgan fingerprint density at radius 3 is 2.71 bits per heavy atom. The highest BCUT2D eigenvalue weighted by atomic mass is 16.5. The molecule has 0 radical (unpaired) electrons. The molecule has 14 heavy (non-hydrogen) atoms. The van der Waals surface area contributed by atoms with E-state index in [1.165, 1.54) is 0 Å². The van der Waals surface area contributed by atoms with Crippen LogP contribution >= 0.6 is 0 Å². The lowest BCUT2D eigenvalue weighted by atomic mass is 9.87. The van der Waals surface area contributed by atoms with Crippen molar-refractivity contribution in [3.05, 3.63) is 12.2 Å². The molecule has 1 fully saturated rings. The summed E-state index contributed by atoms with van der Waals surface area (Å²) in [7, 11) is 0. The molecule has 2 nitrogen and oxygen atoms in total. The predicted molar refractivity (Wildman–Crippen MR) is 56.1 cm³/mol. The first-order valence-electron chi connectivity index (χ1n) is 5.71. The zero-order valence-corrected chi connectivity index (χ0v) is 8.91. The van der Waals surface area contributed by atoms with E-state index in [-0.39, 0.29) is 6.10 Å². The van der Waals surface area contributed by atoms with Crippen LogP contribution in [0.4, 0.5) is 0 Å². The van der Waals surface area contributed by atoms with Crippen molar-refractivity contribution in [2.45, 2.75) is 50.7 Å². The van der Waals surface area contributed by atoms with Gasteiger partial charge in [-0.2, -0.15) is 0 Å². The third-order valence-corrected chi connectivity index (χ3v) is 3.42. The second-order valence-corrected chi connectivity index (χ2v) is 4.78. The Hall–Kier alpha value is -0.340. The first kappa shape index (κ1) is 10.2. The minimum atomic E-state index is -0.530. The van der Waals surface area contributed by atoms with E-state index < -0.39 is 5.60 Å². The van der Waals surface area contributed by atoms with Gasteiger partial charge in [-0.1, -0.05) is 19.1 Å². The highest BCUT2D eigenvalue weighted by Crippen LogP contribution is 2.35. The van der Waals surface area contributed by atoms with Crippen LogP contribution in [-0.4, -0.2) is 23.4 Å². The van der Waals surface area contributed by atoms with Crippen LogP contribution in [0.15, 0.2) is 12.2 Å². The fraction of sp³-hybridized carbons (Fsp3) is 0.833. The zero-order chi connectivity index (χ0) is 10.0. The van der Waals surface area contributed by atoms with Gasteiger partial charge in [0.05, 0.1) is 18.3 Å². The molecule has 1 saturated heterocycles. The lowest BCUT2D eigenvalue weighted by Gasteiger charge is -2.24. The van der Waals surface area contributed by atoms with Crippen molar-refractivity contribution in [1.29, 1.82) is 0 Å². The lowest BCUT2D eigenvalue weighted by Crippen LogP contribution is -2.31. The molecule has 2 rings (SSSR count). The van der Waals surface area contributed by atoms with Crippen LogP contribution in [0.2, 0.25) is 0 Å². The van der Waals surface area contributed by atoms with Crippen molar-refractivity contribution >= 4 is 0 Å². The SMILES string of the molecule is CCC1CC(O)(CC2CC=CC2)CO1. The molecule has 1 aliphatic carbocycles. The van der Waals surface area contributed by atoms with E-state index in [9.17, 15) is 5.11 Å². The molecule has 0 aromatic heterocycles. The number of hydrogen-bond acceptors (Lipinski definition) is 2. The average molecular weight is 196 g/mol. The summed E-state index contributed by atoms with van der Waals surface area (Å²) in [6, 6.07) is 0. The molecular formula is C12H20O2. The van der Waals surface area contributed by atoms with Gasteiger partial charge < -0.3 is 9.84 Å². The fourth-order valence-corrected chi connectivity index (χ4v) is 2.60. The summed E-state index contributed by atoms with van der Waals surface area (Å²) in [6.45, 7) is 2.66. The van der Waals surface area contributed by atoms with Gasteiger partial charge in [-0.25, -0.2) is 0 Å². The monoisotopic (exact) mass is 196 g/mol. The number of allylic oxidation sites excluding steroid dienone is 2. The van der Waals surface area contributed by atoms with Crippen LogP contribution in [-0.2, 0) is 4.74 Å². The second kappa shape index (κ2) is 4.03. The third-order valence-electron chi connectivity index (χ3n) is 3.42. The maximum absolute atomic E-state index is 10.3. The Kier molecular flexibility index (Phi) is 2.93. The van der Waals surface area contributed by atoms with Crippen molar-refractivity contribution in [1.82, 2.24) is 0 Å². The highest BCUT2D eigenvalue weighted by molar-refractivity contribution is 4.98. The summed E-state index contributed by atoms with van der Waals surface area (Å²) in [5, 5.41) is 10.3. The first-order valence-corrected chi connectivity index (χ1v) is 5.71. The number of hydrogen-bond donors (Lipinski definition) is 1. The van der Waals surface area contributed by atoms with Crippen molar-refractivity contribution < 1.29 is 9.84 Å². The van der Waals surface area contributed by atoms with Crippen LogP contribution in [0.3, 0.4) is 0 Å². The summed E-state index contributed by atoms with van der Waals surface area (Å²) < 4.78 is 5.56. The molecule has 2 aliphatic rings. The van der Waals surface area contributed by atoms with Crippen LogP contribution < -0.4 is 0 Å². The molecule has 2 atom stereocenters. The Morgan fingerprint density at radius 1 is 1.43 bits per heavy atom. The Bertz CT molecular complexity index is 216. The van der Waals surface area contributed by atoms with Gasteiger partial charge in [-0.05, 0) is 31.6 Å². The van der Waals surface area contributed by atoms with Gasteiger partial charge in [-0.15, -0.1) is 0 Å². The molecular weight excluding hydrogens is 176 g/mol. The fourth-order valence-electron chi connectivity index (χ4n) is 2.60. The summed E-state index contributed by atoms with van der Waals surface area (Å²) >= 11 is 0. The van der Waals surface area contributed by atoms with Gasteiger partial charge in [0.25, 0.3) is 0 Å². The summed E-state index contributed by atoms with van der Waals surface area (Å²) in [6.07, 6.45) is 9.77. The highest BCUT2D eigenvalue weighted by Gasteiger charge is 2.39. The van der Waals surface area contributed by atoms with E-state index >= 15 is 0 Å². The quantitative estimate of drug-likeness (QED) is 0.702. The van der Waals surface area contributed by atoms with E-state index in [4.69, 9.17) is 4.74 Å². The second-order valence-electron chi connectivity index (χ2n) is 4.78. The van der Waals surface area contributed by atoms with E-state index in [1.807, 2.05) is 0 Å². The Balaban J connectivity index is 1.84. The molecule has 0 aromatic rings. The van der Waals surface area contributed by atoms with E-state index in [1.54, 1.807) is 0 Å². The molecule has 0 aromatic carbocycles. The summed E-state index contributed by atoms with van der Waals surface area (Å²) in [4.78, 5) is 0. The Labute approximate surface area is 86.0 Å². The van der Waals surface area contributed by atoms with Crippen LogP contribution in [0.1, 0.15) is 39.0 Å². The maximum Gasteiger partial charge on any atom is 0.0907 e. The van der Waals surface area contributed by atoms with Crippen molar-refractivity contribution in [2.24, 2.45) is 5.92 Å². The van der Waals surface area contributed by atoms with Gasteiger partial charge in [0.1, 0.15) is 0 Å². The summed E-state index contributed by atoms with van der Waals surface area (Å²) in [5.74, 6) is 0.652. The van der Waals surface area contributed by atoms with Gasteiger partial charge in [0, 0.05) is 6.42 Å². The topological polar surface area (TPSA) is 29.5 Å². The van der Waals surface area contributed by atoms with Gasteiger partial charge in [0.15, 0.2) is 0 Å². The number of aliphatic hydroxyl groups is 1. The molecule has 1 heterocycles. The van der Waals surface area contributed by atoms with E-state index in [0.29, 0.717) is 12.5 Å². The van der Waals surface area contributed by atoms with E-state index in [0.717, 1.165) is 32.1 Å². The van der Waals surface area contributed by atoms with Crippen molar-refractivity contribution in [2.75, 3.05) is 6.61 Å². The summed E-state index contributed by atoms with van der Waals surface area (Å²) in [5.41, 5.74) is -0.530. The van der Waals surface area contributed by atoms with E-state index in [2.05, 4.69) is 19.1 Å². The molecule has 0 spiro atoms. The van der Waals surface area contributed by atoms with Crippen molar-refractivity contribution in [3.8, 4) is 0 Å². The molecule has 0 amide bonds. The maximum atomic E-state index is 10.3. The van der Waals surface area contributed by atoms with Gasteiger partial charge >= 0.3 is 0 Å². The minimum Gasteiger partial charge on any atom is -0.387 e. The average Bonchev–Trinajstić information content (AvgIpc) is 2.76. The smallest absolute Gasteiger partial charge is 0.0907 e. The van der Waals surface area contributed by atoms with Crippen LogP contribution in [0.25, 0.3) is 0 Å². The lowest BCUT2D eigenvalue weighted by molar-refractivity contribution is 0.00347. The van der Waals surface area contributed by atoms with Crippen molar-refractivity contribution in [3.63, 3.8) is 0 Å². The zero-order valence-electron chi connectivity index (χ0n) is 8.91. The van der Waals surface area contributed by atoms with Gasteiger partial charge in [-0.3, -0.25) is 0 Å². The molecule has 80 valence electrons. The van der Waals surface area contributed by atoms with Gasteiger partial charge in [0.2, 0.25) is 0 Å². The molecule has 2 heteroatoms. The first-order chi connectivity index (χ1) is 6.72. The molecule has 1 N–H and O–H groups in total. The Morgan fingerprint density at radius 2 is 2.14 bits per heavy atom. The molecule has 2 unspecified atom stereocenters. The van der Waals surface area contributed by atoms with Crippen LogP contribution in [0.5, 0.6) is 0 Å². The minimum absolute atomic E-state index is 0.286. The largest absolute Gasteiger partial charge is 0.387 e. The standard InChI is InChI=1S/C12H20O2/c1-2-11-8-12(13,9-14-11)7-10-5-3-4-6-10/h3-4,10-11,13H,2,5-9H2,1H3. The third kappa shape index (κ3) is 2.18. The number of ether oxygens (including phenoxy) is 1. The molecule has 1 aliphatic heterocycles.